The third kappa shape index (κ3) is 5.64. The van der Waals surface area contributed by atoms with Gasteiger partial charge in [-0.2, -0.15) is 4.98 Å². The van der Waals surface area contributed by atoms with Crippen molar-refractivity contribution in [3.63, 3.8) is 0 Å². The van der Waals surface area contributed by atoms with Crippen LogP contribution in [-0.2, 0) is 9.59 Å². The third-order valence-electron chi connectivity index (χ3n) is 6.81. The van der Waals surface area contributed by atoms with Gasteiger partial charge in [0.15, 0.2) is 0 Å². The topological polar surface area (TPSA) is 84.9 Å². The molecule has 3 aliphatic rings. The number of nitrogens with one attached hydrogen (secondary N) is 1. The number of anilines is 2. The first-order valence-corrected chi connectivity index (χ1v) is 11.7. The lowest BCUT2D eigenvalue weighted by molar-refractivity contribution is -0.135. The summed E-state index contributed by atoms with van der Waals surface area (Å²) in [6.07, 6.45) is 6.68. The highest BCUT2D eigenvalue weighted by Crippen LogP contribution is 2.25. The Bertz CT molecular complexity index is 752. The monoisotopic (exact) mass is 429 g/mol. The molecule has 1 aromatic rings. The molecule has 3 saturated heterocycles. The van der Waals surface area contributed by atoms with Crippen LogP contribution in [0, 0.1) is 5.92 Å². The van der Waals surface area contributed by atoms with Crippen LogP contribution in [-0.4, -0.2) is 102 Å². The van der Waals surface area contributed by atoms with E-state index in [1.165, 1.54) is 0 Å². The Labute approximate surface area is 184 Å². The van der Waals surface area contributed by atoms with Crippen LogP contribution in [0.4, 0.5) is 11.8 Å². The maximum atomic E-state index is 12.8. The maximum absolute atomic E-state index is 12.8. The molecule has 0 bridgehead atoms. The van der Waals surface area contributed by atoms with E-state index in [4.69, 9.17) is 0 Å². The van der Waals surface area contributed by atoms with Crippen molar-refractivity contribution in [3.05, 3.63) is 12.3 Å². The lowest BCUT2D eigenvalue weighted by Crippen LogP contribution is -2.51. The quantitative estimate of drug-likeness (QED) is 0.719. The second kappa shape index (κ2) is 10.3. The molecule has 0 radical (unpaired) electrons. The Kier molecular flexibility index (Phi) is 7.21. The molecule has 170 valence electrons. The number of carbonyl (C=O) groups excluding carboxylic acids is 2. The molecule has 3 fully saturated rings. The van der Waals surface area contributed by atoms with E-state index in [-0.39, 0.29) is 11.8 Å². The molecule has 4 rings (SSSR count). The predicted molar refractivity (Wildman–Crippen MR) is 120 cm³/mol. The van der Waals surface area contributed by atoms with E-state index in [2.05, 4.69) is 25.1 Å². The van der Waals surface area contributed by atoms with Gasteiger partial charge in [0.25, 0.3) is 0 Å². The summed E-state index contributed by atoms with van der Waals surface area (Å²) in [7, 11) is 1.82. The van der Waals surface area contributed by atoms with Gasteiger partial charge in [-0.15, -0.1) is 0 Å². The minimum Gasteiger partial charge on any atom is -0.357 e. The number of rotatable bonds is 6. The molecule has 0 atom stereocenters. The summed E-state index contributed by atoms with van der Waals surface area (Å²) in [6, 6.07) is 1.94. The Morgan fingerprint density at radius 3 is 2.32 bits per heavy atom. The summed E-state index contributed by atoms with van der Waals surface area (Å²) >= 11 is 0. The fraction of sp³-hybridized carbons (Fsp3) is 0.727. The summed E-state index contributed by atoms with van der Waals surface area (Å²) in [6.45, 7) is 7.22. The molecule has 0 spiro atoms. The van der Waals surface area contributed by atoms with Crippen molar-refractivity contribution < 1.29 is 9.59 Å². The van der Waals surface area contributed by atoms with Crippen molar-refractivity contribution in [1.82, 2.24) is 24.7 Å². The number of likely N-dealkylation sites (tertiary alicyclic amines) is 1. The first-order chi connectivity index (χ1) is 15.1. The zero-order valence-electron chi connectivity index (χ0n) is 18.6. The number of amides is 2. The molecule has 2 amide bonds. The lowest BCUT2D eigenvalue weighted by Gasteiger charge is -2.37. The number of aromatic nitrogens is 2. The van der Waals surface area contributed by atoms with Crippen molar-refractivity contribution in [1.29, 1.82) is 0 Å². The second-order valence-electron chi connectivity index (χ2n) is 8.87. The van der Waals surface area contributed by atoms with Gasteiger partial charge in [0.1, 0.15) is 5.82 Å². The highest BCUT2D eigenvalue weighted by molar-refractivity contribution is 5.79. The van der Waals surface area contributed by atoms with Gasteiger partial charge in [-0.3, -0.25) is 14.5 Å². The smallest absolute Gasteiger partial charge is 0.236 e. The van der Waals surface area contributed by atoms with E-state index in [1.807, 2.05) is 22.9 Å². The molecule has 1 aromatic heterocycles. The largest absolute Gasteiger partial charge is 0.357 e. The van der Waals surface area contributed by atoms with Crippen molar-refractivity contribution in [2.45, 2.75) is 32.1 Å². The molecular formula is C22H35N7O2. The van der Waals surface area contributed by atoms with Crippen LogP contribution in [0.1, 0.15) is 32.1 Å². The van der Waals surface area contributed by atoms with Gasteiger partial charge in [0, 0.05) is 72.0 Å². The molecule has 0 aromatic carbocycles. The van der Waals surface area contributed by atoms with E-state index < -0.39 is 0 Å². The van der Waals surface area contributed by atoms with Crippen molar-refractivity contribution in [2.75, 3.05) is 76.2 Å². The molecule has 9 heteroatoms. The van der Waals surface area contributed by atoms with Gasteiger partial charge in [-0.05, 0) is 37.7 Å². The van der Waals surface area contributed by atoms with Crippen molar-refractivity contribution in [2.24, 2.45) is 5.92 Å². The highest BCUT2D eigenvalue weighted by Gasteiger charge is 2.28. The molecule has 0 unspecified atom stereocenters. The zero-order valence-corrected chi connectivity index (χ0v) is 18.6. The third-order valence-corrected chi connectivity index (χ3v) is 6.81. The summed E-state index contributed by atoms with van der Waals surface area (Å²) in [5.41, 5.74) is 0. The highest BCUT2D eigenvalue weighted by atomic mass is 16.2. The van der Waals surface area contributed by atoms with Gasteiger partial charge in [-0.25, -0.2) is 4.98 Å². The van der Waals surface area contributed by atoms with E-state index in [0.717, 1.165) is 83.9 Å². The number of hydrogen-bond acceptors (Lipinski definition) is 7. The Hall–Kier alpha value is -2.42. The summed E-state index contributed by atoms with van der Waals surface area (Å²) in [5, 5.41) is 2.98. The first-order valence-electron chi connectivity index (χ1n) is 11.7. The van der Waals surface area contributed by atoms with Gasteiger partial charge < -0.3 is 20.0 Å². The molecule has 1 N–H and O–H groups in total. The van der Waals surface area contributed by atoms with Crippen molar-refractivity contribution >= 4 is 23.6 Å². The van der Waals surface area contributed by atoms with Gasteiger partial charge >= 0.3 is 0 Å². The predicted octanol–water partition coefficient (Wildman–Crippen LogP) is 0.891. The van der Waals surface area contributed by atoms with Gasteiger partial charge in [-0.1, -0.05) is 0 Å². The SMILES string of the molecule is CNc1nccc(N2CCC(CC(=O)N3CCN(CC(=O)N4CCCC4)CC3)CC2)n1. The fourth-order valence-corrected chi connectivity index (χ4v) is 4.80. The minimum absolute atomic E-state index is 0.245. The zero-order chi connectivity index (χ0) is 21.6. The van der Waals surface area contributed by atoms with Crippen LogP contribution in [0.2, 0.25) is 0 Å². The van der Waals surface area contributed by atoms with Crippen LogP contribution in [0.25, 0.3) is 0 Å². The molecule has 3 aliphatic heterocycles. The van der Waals surface area contributed by atoms with Crippen LogP contribution in [0.3, 0.4) is 0 Å². The van der Waals surface area contributed by atoms with Crippen LogP contribution in [0.15, 0.2) is 12.3 Å². The van der Waals surface area contributed by atoms with E-state index in [1.54, 1.807) is 6.20 Å². The molecule has 31 heavy (non-hydrogen) atoms. The molecule has 4 heterocycles. The van der Waals surface area contributed by atoms with Gasteiger partial charge in [0.2, 0.25) is 17.8 Å². The summed E-state index contributed by atoms with van der Waals surface area (Å²) in [4.78, 5) is 42.3. The second-order valence-corrected chi connectivity index (χ2v) is 8.87. The fourth-order valence-electron chi connectivity index (χ4n) is 4.80. The van der Waals surface area contributed by atoms with Gasteiger partial charge in [0.05, 0.1) is 6.54 Å². The first kappa shape index (κ1) is 21.8. The summed E-state index contributed by atoms with van der Waals surface area (Å²) in [5.74, 6) is 2.53. The number of piperazine rings is 1. The molecular weight excluding hydrogens is 394 g/mol. The molecule has 0 aliphatic carbocycles. The lowest BCUT2D eigenvalue weighted by atomic mass is 9.93. The number of hydrogen-bond donors (Lipinski definition) is 1. The van der Waals surface area contributed by atoms with Crippen LogP contribution < -0.4 is 10.2 Å². The Morgan fingerprint density at radius 1 is 0.968 bits per heavy atom. The van der Waals surface area contributed by atoms with E-state index >= 15 is 0 Å². The Balaban J connectivity index is 1.17. The number of nitrogens with zero attached hydrogens (tertiary/aromatic N) is 6. The standard InChI is InChI=1S/C22H35N7O2/c1-23-22-24-7-4-19(25-22)27-10-5-18(6-11-27)16-20(30)29-14-12-26(13-15-29)17-21(31)28-8-2-3-9-28/h4,7,18H,2-3,5-6,8-17H2,1H3,(H,23,24,25). The average molecular weight is 430 g/mol. The van der Waals surface area contributed by atoms with Crippen molar-refractivity contribution in [3.8, 4) is 0 Å². The average Bonchev–Trinajstić information content (AvgIpc) is 3.35. The molecule has 9 nitrogen and oxygen atoms in total. The minimum atomic E-state index is 0.245. The van der Waals surface area contributed by atoms with E-state index in [0.29, 0.717) is 24.8 Å². The normalized spacial score (nSPS) is 20.9. The number of piperidine rings is 1. The van der Waals surface area contributed by atoms with Crippen LogP contribution in [0.5, 0.6) is 0 Å². The Morgan fingerprint density at radius 2 is 1.65 bits per heavy atom. The maximum Gasteiger partial charge on any atom is 0.236 e. The molecule has 0 saturated carbocycles. The summed E-state index contributed by atoms with van der Waals surface area (Å²) < 4.78 is 0. The van der Waals surface area contributed by atoms with Crippen LogP contribution >= 0.6 is 0 Å². The van der Waals surface area contributed by atoms with E-state index in [9.17, 15) is 9.59 Å². The number of carbonyl (C=O) groups is 2.